The van der Waals surface area contributed by atoms with Gasteiger partial charge in [-0.05, 0) is 35.2 Å². The van der Waals surface area contributed by atoms with Crippen LogP contribution in [0.2, 0.25) is 0 Å². The maximum Gasteiger partial charge on any atom is 0.227 e. The van der Waals surface area contributed by atoms with Crippen LogP contribution in [-0.4, -0.2) is 23.1 Å². The van der Waals surface area contributed by atoms with Crippen LogP contribution in [0.1, 0.15) is 31.9 Å². The van der Waals surface area contributed by atoms with E-state index in [2.05, 4.69) is 37.7 Å². The number of hydrogen-bond acceptors (Lipinski definition) is 4. The summed E-state index contributed by atoms with van der Waals surface area (Å²) in [5.41, 5.74) is 6.92. The standard InChI is InChI=1S/C11H17BrN4/c1-2-5-8-9(12)10(13)15-11(14-8)16-6-3-4-7-16/h2-7H2,1H3,(H2,13,14,15). The molecule has 5 heteroatoms. The van der Waals surface area contributed by atoms with Crippen LogP contribution >= 0.6 is 15.9 Å². The van der Waals surface area contributed by atoms with Gasteiger partial charge in [0.15, 0.2) is 0 Å². The van der Waals surface area contributed by atoms with Gasteiger partial charge < -0.3 is 10.6 Å². The van der Waals surface area contributed by atoms with Crippen LogP contribution < -0.4 is 10.6 Å². The van der Waals surface area contributed by atoms with Gasteiger partial charge >= 0.3 is 0 Å². The lowest BCUT2D eigenvalue weighted by Gasteiger charge is -2.17. The zero-order chi connectivity index (χ0) is 11.5. The van der Waals surface area contributed by atoms with Crippen LogP contribution in [-0.2, 0) is 6.42 Å². The highest BCUT2D eigenvalue weighted by molar-refractivity contribution is 9.10. The van der Waals surface area contributed by atoms with Gasteiger partial charge in [-0.3, -0.25) is 0 Å². The van der Waals surface area contributed by atoms with E-state index in [1.807, 2.05) is 0 Å². The van der Waals surface area contributed by atoms with E-state index in [1.165, 1.54) is 12.8 Å². The number of nitrogen functional groups attached to an aromatic ring is 1. The van der Waals surface area contributed by atoms with Gasteiger partial charge in [-0.1, -0.05) is 13.3 Å². The highest BCUT2D eigenvalue weighted by atomic mass is 79.9. The van der Waals surface area contributed by atoms with E-state index in [1.54, 1.807) is 0 Å². The molecule has 0 saturated carbocycles. The van der Waals surface area contributed by atoms with Gasteiger partial charge in [-0.2, -0.15) is 4.98 Å². The van der Waals surface area contributed by atoms with Crippen molar-refractivity contribution >= 4 is 27.7 Å². The van der Waals surface area contributed by atoms with Crippen LogP contribution in [0.4, 0.5) is 11.8 Å². The summed E-state index contributed by atoms with van der Waals surface area (Å²) in [7, 11) is 0. The summed E-state index contributed by atoms with van der Waals surface area (Å²) in [5, 5.41) is 0. The summed E-state index contributed by atoms with van der Waals surface area (Å²) >= 11 is 3.46. The number of aromatic nitrogens is 2. The molecule has 0 aromatic carbocycles. The second kappa shape index (κ2) is 4.99. The summed E-state index contributed by atoms with van der Waals surface area (Å²) in [6.07, 6.45) is 4.45. The lowest BCUT2D eigenvalue weighted by molar-refractivity contribution is 0.834. The minimum atomic E-state index is 0.556. The Morgan fingerprint density at radius 2 is 2.00 bits per heavy atom. The average molecular weight is 285 g/mol. The van der Waals surface area contributed by atoms with Crippen LogP contribution in [0.15, 0.2) is 4.47 Å². The first-order valence-electron chi connectivity index (χ1n) is 5.79. The van der Waals surface area contributed by atoms with Gasteiger partial charge in [0.25, 0.3) is 0 Å². The molecule has 0 aliphatic carbocycles. The van der Waals surface area contributed by atoms with E-state index < -0.39 is 0 Å². The zero-order valence-corrected chi connectivity index (χ0v) is 11.1. The van der Waals surface area contributed by atoms with Crippen molar-refractivity contribution in [2.75, 3.05) is 23.7 Å². The Morgan fingerprint density at radius 3 is 2.62 bits per heavy atom. The average Bonchev–Trinajstić information content (AvgIpc) is 2.78. The molecule has 2 heterocycles. The number of aryl methyl sites for hydroxylation is 1. The Balaban J connectivity index is 2.31. The van der Waals surface area contributed by atoms with Gasteiger partial charge in [0, 0.05) is 13.1 Å². The van der Waals surface area contributed by atoms with Crippen molar-refractivity contribution in [1.82, 2.24) is 9.97 Å². The number of hydrogen-bond donors (Lipinski definition) is 1. The first-order valence-corrected chi connectivity index (χ1v) is 6.58. The van der Waals surface area contributed by atoms with Gasteiger partial charge in [0.2, 0.25) is 5.95 Å². The predicted octanol–water partition coefficient (Wildman–Crippen LogP) is 2.37. The molecule has 0 bridgehead atoms. The Kier molecular flexibility index (Phi) is 3.63. The summed E-state index contributed by atoms with van der Waals surface area (Å²) in [6.45, 7) is 4.24. The normalized spacial score (nSPS) is 15.8. The molecule has 2 N–H and O–H groups in total. The number of rotatable bonds is 3. The molecule has 4 nitrogen and oxygen atoms in total. The van der Waals surface area contributed by atoms with E-state index in [0.29, 0.717) is 5.82 Å². The largest absolute Gasteiger partial charge is 0.383 e. The van der Waals surface area contributed by atoms with Crippen molar-refractivity contribution in [3.05, 3.63) is 10.2 Å². The zero-order valence-electron chi connectivity index (χ0n) is 9.54. The molecule has 0 atom stereocenters. The smallest absolute Gasteiger partial charge is 0.227 e. The summed E-state index contributed by atoms with van der Waals surface area (Å²) in [4.78, 5) is 11.1. The SMILES string of the molecule is CCCc1nc(N2CCCC2)nc(N)c1Br. The van der Waals surface area contributed by atoms with Crippen molar-refractivity contribution in [2.45, 2.75) is 32.6 Å². The quantitative estimate of drug-likeness (QED) is 0.926. The van der Waals surface area contributed by atoms with Crippen LogP contribution in [0.5, 0.6) is 0 Å². The van der Waals surface area contributed by atoms with E-state index >= 15 is 0 Å². The molecule has 1 aromatic heterocycles. The maximum atomic E-state index is 5.89. The fourth-order valence-corrected chi connectivity index (χ4v) is 2.34. The molecule has 0 unspecified atom stereocenters. The number of nitrogens with zero attached hydrogens (tertiary/aromatic N) is 3. The van der Waals surface area contributed by atoms with Gasteiger partial charge in [-0.15, -0.1) is 0 Å². The molecule has 2 rings (SSSR count). The van der Waals surface area contributed by atoms with Gasteiger partial charge in [-0.25, -0.2) is 4.98 Å². The molecule has 0 amide bonds. The maximum absolute atomic E-state index is 5.89. The highest BCUT2D eigenvalue weighted by Gasteiger charge is 2.17. The van der Waals surface area contributed by atoms with E-state index in [-0.39, 0.29) is 0 Å². The van der Waals surface area contributed by atoms with Crippen LogP contribution in [0.25, 0.3) is 0 Å². The molecule has 1 aliphatic rings. The summed E-state index contributed by atoms with van der Waals surface area (Å²) in [5.74, 6) is 1.35. The first-order chi connectivity index (χ1) is 7.72. The van der Waals surface area contributed by atoms with E-state index in [9.17, 15) is 0 Å². The minimum Gasteiger partial charge on any atom is -0.383 e. The fraction of sp³-hybridized carbons (Fsp3) is 0.636. The molecule has 1 aromatic rings. The topological polar surface area (TPSA) is 55.0 Å². The fourth-order valence-electron chi connectivity index (χ4n) is 1.96. The third-order valence-electron chi connectivity index (χ3n) is 2.81. The summed E-state index contributed by atoms with van der Waals surface area (Å²) < 4.78 is 0.859. The monoisotopic (exact) mass is 284 g/mol. The van der Waals surface area contributed by atoms with Crippen molar-refractivity contribution in [3.8, 4) is 0 Å². The lowest BCUT2D eigenvalue weighted by atomic mass is 10.2. The minimum absolute atomic E-state index is 0.556. The molecule has 1 aliphatic heterocycles. The third kappa shape index (κ3) is 2.29. The predicted molar refractivity (Wildman–Crippen MR) is 69.6 cm³/mol. The second-order valence-corrected chi connectivity index (χ2v) is 4.91. The number of halogens is 1. The Hall–Kier alpha value is -0.840. The molecule has 0 spiro atoms. The molecule has 0 radical (unpaired) electrons. The molecular formula is C11H17BrN4. The molecule has 1 saturated heterocycles. The van der Waals surface area contributed by atoms with Crippen LogP contribution in [0, 0.1) is 0 Å². The van der Waals surface area contributed by atoms with Crippen LogP contribution in [0.3, 0.4) is 0 Å². The van der Waals surface area contributed by atoms with E-state index in [0.717, 1.165) is 42.0 Å². The van der Waals surface area contributed by atoms with Crippen molar-refractivity contribution in [3.63, 3.8) is 0 Å². The second-order valence-electron chi connectivity index (χ2n) is 4.11. The van der Waals surface area contributed by atoms with Gasteiger partial charge in [0.1, 0.15) is 5.82 Å². The Labute approximate surface area is 104 Å². The molecular weight excluding hydrogens is 268 g/mol. The lowest BCUT2D eigenvalue weighted by Crippen LogP contribution is -2.21. The highest BCUT2D eigenvalue weighted by Crippen LogP contribution is 2.26. The molecule has 88 valence electrons. The number of nitrogens with two attached hydrogens (primary N) is 1. The third-order valence-corrected chi connectivity index (χ3v) is 3.67. The first kappa shape index (κ1) is 11.6. The summed E-state index contributed by atoms with van der Waals surface area (Å²) in [6, 6.07) is 0. The Bertz CT molecular complexity index is 374. The molecule has 1 fully saturated rings. The number of anilines is 2. The van der Waals surface area contributed by atoms with Crippen molar-refractivity contribution < 1.29 is 0 Å². The van der Waals surface area contributed by atoms with Crippen molar-refractivity contribution in [1.29, 1.82) is 0 Å². The molecule has 16 heavy (non-hydrogen) atoms. The van der Waals surface area contributed by atoms with E-state index in [4.69, 9.17) is 5.73 Å². The van der Waals surface area contributed by atoms with Crippen molar-refractivity contribution in [2.24, 2.45) is 0 Å². The van der Waals surface area contributed by atoms with Gasteiger partial charge in [0.05, 0.1) is 10.2 Å². The Morgan fingerprint density at radius 1 is 1.31 bits per heavy atom.